The lowest BCUT2D eigenvalue weighted by atomic mass is 10.1. The van der Waals surface area contributed by atoms with E-state index in [2.05, 4.69) is 108 Å². The van der Waals surface area contributed by atoms with E-state index in [1.807, 2.05) is 194 Å². The fourth-order valence-corrected chi connectivity index (χ4v) is 6.22. The first kappa shape index (κ1) is 42.1. The molecule has 0 amide bonds. The van der Waals surface area contributed by atoms with Crippen LogP contribution in [0.5, 0.6) is 0 Å². The molecule has 0 saturated carbocycles. The minimum absolute atomic E-state index is 0.920. The summed E-state index contributed by atoms with van der Waals surface area (Å²) in [5.41, 5.74) is 13.0. The smallest absolute Gasteiger partial charge is 0.0249 e. The second kappa shape index (κ2) is 21.3. The van der Waals surface area contributed by atoms with Crippen LogP contribution in [-0.2, 0) is 0 Å². The molecule has 0 unspecified atom stereocenters. The van der Waals surface area contributed by atoms with Gasteiger partial charge in [0.2, 0.25) is 0 Å². The van der Waals surface area contributed by atoms with Crippen LogP contribution in [0, 0.1) is 82.9 Å². The number of thiol groups is 2. The molecule has 0 aliphatic rings. The van der Waals surface area contributed by atoms with Gasteiger partial charge in [0.25, 0.3) is 0 Å². The number of benzene rings is 8. The molecular formula is C62H34S2. The van der Waals surface area contributed by atoms with Crippen LogP contribution < -0.4 is 0 Å². The minimum Gasteiger partial charge on any atom is -0.143 e. The molecule has 0 bridgehead atoms. The number of hydrogen-bond donors (Lipinski definition) is 2. The topological polar surface area (TPSA) is 0 Å². The van der Waals surface area contributed by atoms with Crippen molar-refractivity contribution in [3.63, 3.8) is 0 Å². The van der Waals surface area contributed by atoms with Crippen molar-refractivity contribution in [1.29, 1.82) is 0 Å². The van der Waals surface area contributed by atoms with Gasteiger partial charge in [0.1, 0.15) is 0 Å². The van der Waals surface area contributed by atoms with Crippen molar-refractivity contribution in [1.82, 2.24) is 0 Å². The van der Waals surface area contributed by atoms with Crippen molar-refractivity contribution in [3.05, 3.63) is 272 Å². The van der Waals surface area contributed by atoms with Crippen LogP contribution in [0.4, 0.5) is 0 Å². The summed E-state index contributed by atoms with van der Waals surface area (Å²) in [7, 11) is 0. The summed E-state index contributed by atoms with van der Waals surface area (Å²) in [5.74, 6) is 45.2. The highest BCUT2D eigenvalue weighted by molar-refractivity contribution is 7.80. The molecule has 0 aromatic heterocycles. The fourth-order valence-electron chi connectivity index (χ4n) is 5.92. The maximum Gasteiger partial charge on any atom is 0.0249 e. The lowest BCUT2D eigenvalue weighted by Crippen LogP contribution is -1.81. The monoisotopic (exact) mass is 842 g/mol. The molecule has 64 heavy (non-hydrogen) atoms. The lowest BCUT2D eigenvalue weighted by molar-refractivity contribution is 1.46. The van der Waals surface area contributed by atoms with Gasteiger partial charge in [-0.2, -0.15) is 0 Å². The van der Waals surface area contributed by atoms with E-state index in [9.17, 15) is 0 Å². The summed E-state index contributed by atoms with van der Waals surface area (Å²) < 4.78 is 0. The molecule has 0 spiro atoms. The third-order valence-electron chi connectivity index (χ3n) is 9.50. The van der Waals surface area contributed by atoms with Crippen LogP contribution in [0.15, 0.2) is 204 Å². The van der Waals surface area contributed by atoms with Crippen LogP contribution in [0.1, 0.15) is 77.9 Å². The Labute approximate surface area is 387 Å². The molecule has 0 N–H and O–H groups in total. The van der Waals surface area contributed by atoms with Crippen LogP contribution in [-0.4, -0.2) is 0 Å². The Hall–Kier alpha value is -8.62. The highest BCUT2D eigenvalue weighted by Gasteiger charge is 1.96. The zero-order valence-electron chi connectivity index (χ0n) is 34.4. The third kappa shape index (κ3) is 12.9. The summed E-state index contributed by atoms with van der Waals surface area (Å²) in [6.45, 7) is 0. The van der Waals surface area contributed by atoms with E-state index in [1.165, 1.54) is 0 Å². The third-order valence-corrected chi connectivity index (χ3v) is 10.1. The molecule has 0 radical (unpaired) electrons. The standard InChI is InChI=1S/C62H34S2/c63-61-43-39-59(40-44-61)37-35-57-31-27-55(28-32-57)25-23-53-19-15-51(16-20-53)13-11-49-7-3-47(4-8-49)1-2-48-5-9-50(10-6-48)12-14-52-17-21-54(22-18-52)24-26-56-29-33-58(34-30-56)36-38-60-41-45-62(64)46-42-60/h3-10,15-22,27-34,39-46,63-64H. The van der Waals surface area contributed by atoms with Crippen LogP contribution in [0.2, 0.25) is 0 Å². The second-order valence-corrected chi connectivity index (χ2v) is 15.3. The molecule has 8 aromatic rings. The van der Waals surface area contributed by atoms with E-state index in [0.717, 1.165) is 87.7 Å². The summed E-state index contributed by atoms with van der Waals surface area (Å²) in [4.78, 5) is 1.84. The Bertz CT molecular complexity index is 3150. The molecule has 0 aliphatic carbocycles. The van der Waals surface area contributed by atoms with Crippen molar-refractivity contribution in [2.75, 3.05) is 0 Å². The normalized spacial score (nSPS) is 9.47. The summed E-state index contributed by atoms with van der Waals surface area (Å²) in [6, 6.07) is 63.4. The Morgan fingerprint density at radius 2 is 0.219 bits per heavy atom. The predicted octanol–water partition coefficient (Wildman–Crippen LogP) is 12.1. The SMILES string of the molecule is Sc1ccc(C#Cc2ccc(C#Cc3ccc(C#Cc4ccc(C#Cc5ccc(C#Cc6ccc(C#Cc7ccc(C#Cc8ccc(S)cc8)cc7)cc6)cc5)cc4)cc3)cc2)cc1. The van der Waals surface area contributed by atoms with Crippen LogP contribution in [0.3, 0.4) is 0 Å². The van der Waals surface area contributed by atoms with Gasteiger partial charge in [-0.1, -0.05) is 82.9 Å². The second-order valence-electron chi connectivity index (χ2n) is 14.3. The lowest BCUT2D eigenvalue weighted by Gasteiger charge is -1.95. The van der Waals surface area contributed by atoms with Gasteiger partial charge in [0.05, 0.1) is 0 Å². The average Bonchev–Trinajstić information content (AvgIpc) is 3.35. The van der Waals surface area contributed by atoms with Gasteiger partial charge in [-0.25, -0.2) is 0 Å². The first-order valence-electron chi connectivity index (χ1n) is 20.3. The van der Waals surface area contributed by atoms with Gasteiger partial charge in [0, 0.05) is 87.7 Å². The summed E-state index contributed by atoms with van der Waals surface area (Å²) in [5, 5.41) is 0. The van der Waals surface area contributed by atoms with Gasteiger partial charge < -0.3 is 0 Å². The molecule has 8 aromatic carbocycles. The Morgan fingerprint density at radius 1 is 0.141 bits per heavy atom. The molecule has 294 valence electrons. The Balaban J connectivity index is 0.797. The maximum atomic E-state index is 4.32. The average molecular weight is 843 g/mol. The summed E-state index contributed by atoms with van der Waals surface area (Å²) >= 11 is 8.64. The largest absolute Gasteiger partial charge is 0.143 e. The van der Waals surface area contributed by atoms with Crippen molar-refractivity contribution in [2.45, 2.75) is 9.79 Å². The van der Waals surface area contributed by atoms with E-state index in [4.69, 9.17) is 0 Å². The highest BCUT2D eigenvalue weighted by atomic mass is 32.1. The van der Waals surface area contributed by atoms with E-state index >= 15 is 0 Å². The van der Waals surface area contributed by atoms with Crippen molar-refractivity contribution < 1.29 is 0 Å². The molecule has 0 fully saturated rings. The highest BCUT2D eigenvalue weighted by Crippen LogP contribution is 2.12. The maximum absolute atomic E-state index is 4.32. The molecule has 0 saturated heterocycles. The molecular weight excluding hydrogens is 809 g/mol. The zero-order chi connectivity index (χ0) is 43.8. The van der Waals surface area contributed by atoms with Crippen molar-refractivity contribution >= 4 is 25.3 Å². The number of rotatable bonds is 0. The fraction of sp³-hybridized carbons (Fsp3) is 0. The Morgan fingerprint density at radius 3 is 0.312 bits per heavy atom. The first-order valence-corrected chi connectivity index (χ1v) is 21.2. The zero-order valence-corrected chi connectivity index (χ0v) is 36.2. The van der Waals surface area contributed by atoms with Gasteiger partial charge in [-0.15, -0.1) is 25.3 Å². The van der Waals surface area contributed by atoms with E-state index in [0.29, 0.717) is 0 Å². The summed E-state index contributed by atoms with van der Waals surface area (Å²) in [6.07, 6.45) is 0. The molecule has 2 heteroatoms. The van der Waals surface area contributed by atoms with Gasteiger partial charge in [-0.05, 0) is 194 Å². The van der Waals surface area contributed by atoms with Crippen LogP contribution in [0.25, 0.3) is 0 Å². The van der Waals surface area contributed by atoms with Gasteiger partial charge in [0.15, 0.2) is 0 Å². The molecule has 0 nitrogen and oxygen atoms in total. The number of hydrogen-bond acceptors (Lipinski definition) is 2. The molecule has 0 atom stereocenters. The van der Waals surface area contributed by atoms with Gasteiger partial charge in [-0.3, -0.25) is 0 Å². The van der Waals surface area contributed by atoms with Crippen molar-refractivity contribution in [2.24, 2.45) is 0 Å². The first-order chi connectivity index (χ1) is 31.4. The van der Waals surface area contributed by atoms with Gasteiger partial charge >= 0.3 is 0 Å². The Kier molecular flexibility index (Phi) is 14.0. The van der Waals surface area contributed by atoms with Crippen LogP contribution >= 0.6 is 25.3 Å². The quantitative estimate of drug-likeness (QED) is 0.110. The minimum atomic E-state index is 0.920. The predicted molar refractivity (Wildman–Crippen MR) is 268 cm³/mol. The van der Waals surface area contributed by atoms with E-state index in [1.54, 1.807) is 0 Å². The van der Waals surface area contributed by atoms with E-state index in [-0.39, 0.29) is 0 Å². The molecule has 8 rings (SSSR count). The van der Waals surface area contributed by atoms with E-state index < -0.39 is 0 Å². The molecule has 0 heterocycles. The van der Waals surface area contributed by atoms with Crippen molar-refractivity contribution in [3.8, 4) is 82.9 Å². The molecule has 0 aliphatic heterocycles.